The third-order valence-electron chi connectivity index (χ3n) is 2.29. The molecule has 5 nitrogen and oxygen atoms in total. The van der Waals surface area contributed by atoms with Crippen LogP contribution in [-0.2, 0) is 9.53 Å². The van der Waals surface area contributed by atoms with Crippen molar-refractivity contribution in [2.24, 2.45) is 5.73 Å². The van der Waals surface area contributed by atoms with Crippen LogP contribution in [0.15, 0.2) is 24.3 Å². The quantitative estimate of drug-likeness (QED) is 0.693. The lowest BCUT2D eigenvalue weighted by Gasteiger charge is -2.15. The molecule has 3 N–H and O–H groups in total. The lowest BCUT2D eigenvalue weighted by Crippen LogP contribution is -2.35. The van der Waals surface area contributed by atoms with Gasteiger partial charge in [0.15, 0.2) is 0 Å². The van der Waals surface area contributed by atoms with Gasteiger partial charge in [0.1, 0.15) is 6.04 Å². The highest BCUT2D eigenvalue weighted by Gasteiger charge is 2.16. The fourth-order valence-corrected chi connectivity index (χ4v) is 1.48. The number of hydrogen-bond acceptors (Lipinski definition) is 4. The molecular formula is C12H15N3O2. The van der Waals surface area contributed by atoms with Crippen LogP contribution in [0.5, 0.6) is 0 Å². The van der Waals surface area contributed by atoms with Gasteiger partial charge in [-0.2, -0.15) is 5.26 Å². The standard InChI is InChI=1S/C12H15N3O2/c1-17-6-5-15-11(12(14)16)10-4-2-3-9(7-10)8-13/h2-4,7,11,15H,5-6H2,1H3,(H2,14,16). The van der Waals surface area contributed by atoms with Crippen LogP contribution in [0.1, 0.15) is 17.2 Å². The van der Waals surface area contributed by atoms with Gasteiger partial charge in [-0.1, -0.05) is 12.1 Å². The van der Waals surface area contributed by atoms with Crippen molar-refractivity contribution < 1.29 is 9.53 Å². The van der Waals surface area contributed by atoms with E-state index in [1.807, 2.05) is 6.07 Å². The number of benzene rings is 1. The van der Waals surface area contributed by atoms with Crippen LogP contribution in [0.4, 0.5) is 0 Å². The molecule has 1 amide bonds. The lowest BCUT2D eigenvalue weighted by atomic mass is 10.0. The van der Waals surface area contributed by atoms with E-state index in [9.17, 15) is 4.79 Å². The van der Waals surface area contributed by atoms with E-state index >= 15 is 0 Å². The van der Waals surface area contributed by atoms with Gasteiger partial charge in [0.05, 0.1) is 18.2 Å². The van der Waals surface area contributed by atoms with E-state index in [-0.39, 0.29) is 0 Å². The Labute approximate surface area is 100 Å². The van der Waals surface area contributed by atoms with Crippen LogP contribution in [0.3, 0.4) is 0 Å². The second-order valence-corrected chi connectivity index (χ2v) is 3.52. The van der Waals surface area contributed by atoms with E-state index in [4.69, 9.17) is 15.7 Å². The third kappa shape index (κ3) is 3.87. The SMILES string of the molecule is COCCNC(C(N)=O)c1cccc(C#N)c1. The average molecular weight is 233 g/mol. The smallest absolute Gasteiger partial charge is 0.239 e. The number of nitrogens with one attached hydrogen (secondary N) is 1. The molecule has 1 aromatic rings. The van der Waals surface area contributed by atoms with Gasteiger partial charge in [0.25, 0.3) is 0 Å². The van der Waals surface area contributed by atoms with Crippen molar-refractivity contribution in [3.8, 4) is 6.07 Å². The molecule has 1 unspecified atom stereocenters. The molecule has 17 heavy (non-hydrogen) atoms. The maximum absolute atomic E-state index is 11.3. The van der Waals surface area contributed by atoms with Gasteiger partial charge in [0, 0.05) is 13.7 Å². The van der Waals surface area contributed by atoms with Gasteiger partial charge < -0.3 is 10.5 Å². The third-order valence-corrected chi connectivity index (χ3v) is 2.29. The molecule has 0 radical (unpaired) electrons. The van der Waals surface area contributed by atoms with Crippen LogP contribution >= 0.6 is 0 Å². The van der Waals surface area contributed by atoms with E-state index in [0.717, 1.165) is 0 Å². The highest BCUT2D eigenvalue weighted by atomic mass is 16.5. The summed E-state index contributed by atoms with van der Waals surface area (Å²) in [7, 11) is 1.58. The van der Waals surface area contributed by atoms with Crippen molar-refractivity contribution >= 4 is 5.91 Å². The summed E-state index contributed by atoms with van der Waals surface area (Å²) in [6, 6.07) is 8.23. The van der Waals surface area contributed by atoms with E-state index in [2.05, 4.69) is 5.32 Å². The number of nitrogens with two attached hydrogens (primary N) is 1. The Hall–Kier alpha value is -1.90. The highest BCUT2D eigenvalue weighted by Crippen LogP contribution is 2.13. The number of carbonyl (C=O) groups is 1. The second-order valence-electron chi connectivity index (χ2n) is 3.52. The van der Waals surface area contributed by atoms with Crippen molar-refractivity contribution in [2.45, 2.75) is 6.04 Å². The molecule has 0 aliphatic heterocycles. The summed E-state index contributed by atoms with van der Waals surface area (Å²) in [5.41, 5.74) is 6.51. The number of carbonyl (C=O) groups excluding carboxylic acids is 1. The number of methoxy groups -OCH3 is 1. The number of amides is 1. The summed E-state index contributed by atoms with van der Waals surface area (Å²) >= 11 is 0. The van der Waals surface area contributed by atoms with E-state index in [1.54, 1.807) is 31.4 Å². The topological polar surface area (TPSA) is 88.1 Å². The Bertz CT molecular complexity index is 426. The normalized spacial score (nSPS) is 11.8. The second kappa shape index (κ2) is 6.63. The number of hydrogen-bond donors (Lipinski definition) is 2. The number of nitriles is 1. The number of nitrogens with zero attached hydrogens (tertiary/aromatic N) is 1. The molecule has 0 aliphatic rings. The minimum absolute atomic E-state index is 0.476. The van der Waals surface area contributed by atoms with Crippen LogP contribution < -0.4 is 11.1 Å². The van der Waals surface area contributed by atoms with Crippen molar-refractivity contribution in [3.05, 3.63) is 35.4 Å². The van der Waals surface area contributed by atoms with E-state index in [0.29, 0.717) is 24.3 Å². The fraction of sp³-hybridized carbons (Fsp3) is 0.333. The maximum Gasteiger partial charge on any atom is 0.239 e. The summed E-state index contributed by atoms with van der Waals surface area (Å²) in [5.74, 6) is -0.476. The number of primary amides is 1. The van der Waals surface area contributed by atoms with Crippen molar-refractivity contribution in [2.75, 3.05) is 20.3 Å². The van der Waals surface area contributed by atoms with Gasteiger partial charge in [-0.05, 0) is 17.7 Å². The van der Waals surface area contributed by atoms with Crippen LogP contribution in [0.2, 0.25) is 0 Å². The lowest BCUT2D eigenvalue weighted by molar-refractivity contribution is -0.120. The van der Waals surface area contributed by atoms with Crippen LogP contribution in [0, 0.1) is 11.3 Å². The molecule has 90 valence electrons. The van der Waals surface area contributed by atoms with Crippen molar-refractivity contribution in [1.82, 2.24) is 5.32 Å². The maximum atomic E-state index is 11.3. The zero-order valence-corrected chi connectivity index (χ0v) is 9.64. The molecule has 0 bridgehead atoms. The minimum atomic E-state index is -0.599. The van der Waals surface area contributed by atoms with Gasteiger partial charge in [-0.15, -0.1) is 0 Å². The molecule has 0 aliphatic carbocycles. The number of rotatable bonds is 6. The Morgan fingerprint density at radius 2 is 2.41 bits per heavy atom. The monoisotopic (exact) mass is 233 g/mol. The molecule has 0 fully saturated rings. The summed E-state index contributed by atoms with van der Waals surface area (Å²) in [4.78, 5) is 11.3. The first-order chi connectivity index (χ1) is 8.19. The Kier molecular flexibility index (Phi) is 5.14. The zero-order chi connectivity index (χ0) is 12.7. The largest absolute Gasteiger partial charge is 0.383 e. The predicted molar refractivity (Wildman–Crippen MR) is 63.0 cm³/mol. The van der Waals surface area contributed by atoms with Gasteiger partial charge >= 0.3 is 0 Å². The van der Waals surface area contributed by atoms with E-state index in [1.165, 1.54) is 0 Å². The van der Waals surface area contributed by atoms with Gasteiger partial charge in [-0.3, -0.25) is 10.1 Å². The highest BCUT2D eigenvalue weighted by molar-refractivity contribution is 5.81. The zero-order valence-electron chi connectivity index (χ0n) is 9.64. The summed E-state index contributed by atoms with van der Waals surface area (Å²) in [6.07, 6.45) is 0. The summed E-state index contributed by atoms with van der Waals surface area (Å²) in [5, 5.41) is 11.8. The fourth-order valence-electron chi connectivity index (χ4n) is 1.48. The molecule has 5 heteroatoms. The first kappa shape index (κ1) is 13.2. The summed E-state index contributed by atoms with van der Waals surface area (Å²) < 4.78 is 4.89. The number of ether oxygens (including phenoxy) is 1. The predicted octanol–water partition coefficient (Wildman–Crippen LogP) is 0.321. The minimum Gasteiger partial charge on any atom is -0.383 e. The molecule has 1 aromatic carbocycles. The molecule has 1 rings (SSSR count). The first-order valence-corrected chi connectivity index (χ1v) is 5.20. The van der Waals surface area contributed by atoms with Gasteiger partial charge in [-0.25, -0.2) is 0 Å². The van der Waals surface area contributed by atoms with Crippen LogP contribution in [0.25, 0.3) is 0 Å². The Balaban J connectivity index is 2.82. The molecule has 0 heterocycles. The van der Waals surface area contributed by atoms with Gasteiger partial charge in [0.2, 0.25) is 5.91 Å². The molecule has 1 atom stereocenters. The van der Waals surface area contributed by atoms with Crippen LogP contribution in [-0.4, -0.2) is 26.2 Å². The molecule has 0 spiro atoms. The molecule has 0 saturated heterocycles. The molecule has 0 saturated carbocycles. The molecular weight excluding hydrogens is 218 g/mol. The Morgan fingerprint density at radius 1 is 1.65 bits per heavy atom. The van der Waals surface area contributed by atoms with E-state index < -0.39 is 11.9 Å². The molecule has 0 aromatic heterocycles. The van der Waals surface area contributed by atoms with Crippen molar-refractivity contribution in [3.63, 3.8) is 0 Å². The first-order valence-electron chi connectivity index (χ1n) is 5.20. The average Bonchev–Trinajstić information content (AvgIpc) is 2.34. The Morgan fingerprint density at radius 3 is 3.00 bits per heavy atom. The van der Waals surface area contributed by atoms with Crippen molar-refractivity contribution in [1.29, 1.82) is 5.26 Å². The summed E-state index contributed by atoms with van der Waals surface area (Å²) in [6.45, 7) is 1.00.